The Kier molecular flexibility index (Phi) is 10.1. The minimum atomic E-state index is 0.0332. The first kappa shape index (κ1) is 18.1. The minimum absolute atomic E-state index is 0.0332. The third-order valence-corrected chi connectivity index (χ3v) is 3.28. The zero-order valence-corrected chi connectivity index (χ0v) is 13.1. The van der Waals surface area contributed by atoms with Crippen molar-refractivity contribution in [2.45, 2.75) is 25.8 Å². The van der Waals surface area contributed by atoms with Gasteiger partial charge in [-0.3, -0.25) is 4.79 Å². The fraction of sp³-hybridized carbons (Fsp3) is 0.800. The molecule has 0 aromatic carbocycles. The summed E-state index contributed by atoms with van der Waals surface area (Å²) in [7, 11) is 1.63. The van der Waals surface area contributed by atoms with E-state index in [0.29, 0.717) is 26.4 Å². The van der Waals surface area contributed by atoms with Crippen LogP contribution in [0.15, 0.2) is 12.2 Å². The summed E-state index contributed by atoms with van der Waals surface area (Å²) in [6.45, 7) is 5.13. The summed E-state index contributed by atoms with van der Waals surface area (Å²) in [5.41, 5.74) is 0. The van der Waals surface area contributed by atoms with Crippen molar-refractivity contribution < 1.29 is 23.7 Å². The molecule has 1 heterocycles. The van der Waals surface area contributed by atoms with Gasteiger partial charge in [0.25, 0.3) is 0 Å². The van der Waals surface area contributed by atoms with Gasteiger partial charge in [-0.05, 0) is 19.8 Å². The fourth-order valence-corrected chi connectivity index (χ4v) is 2.17. The first-order valence-corrected chi connectivity index (χ1v) is 7.42. The summed E-state index contributed by atoms with van der Waals surface area (Å²) in [4.78, 5) is 13.9. The number of allylic oxidation sites excluding steroid dienone is 1. The highest BCUT2D eigenvalue weighted by atomic mass is 16.7. The van der Waals surface area contributed by atoms with Gasteiger partial charge in [-0.2, -0.15) is 0 Å². The molecule has 0 aromatic rings. The Labute approximate surface area is 127 Å². The average molecular weight is 301 g/mol. The Balaban J connectivity index is 2.16. The van der Waals surface area contributed by atoms with Crippen LogP contribution in [0.2, 0.25) is 0 Å². The van der Waals surface area contributed by atoms with E-state index in [1.54, 1.807) is 7.11 Å². The molecule has 0 unspecified atom stereocenters. The molecule has 1 amide bonds. The van der Waals surface area contributed by atoms with E-state index in [2.05, 4.69) is 0 Å². The second-order valence-electron chi connectivity index (χ2n) is 4.86. The van der Waals surface area contributed by atoms with Crippen molar-refractivity contribution in [3.63, 3.8) is 0 Å². The number of nitrogens with zero attached hydrogens (tertiary/aromatic N) is 1. The second-order valence-corrected chi connectivity index (χ2v) is 4.86. The van der Waals surface area contributed by atoms with Gasteiger partial charge in [-0.15, -0.1) is 0 Å². The lowest BCUT2D eigenvalue weighted by atomic mass is 10.2. The SMILES string of the molecule is C/C=C/COCC(=O)N1CCC[C@H]1COCOCCOC. The van der Waals surface area contributed by atoms with E-state index in [4.69, 9.17) is 18.9 Å². The van der Waals surface area contributed by atoms with Crippen molar-refractivity contribution >= 4 is 5.91 Å². The molecule has 21 heavy (non-hydrogen) atoms. The van der Waals surface area contributed by atoms with Gasteiger partial charge in [0.15, 0.2) is 0 Å². The van der Waals surface area contributed by atoms with Crippen molar-refractivity contribution in [1.29, 1.82) is 0 Å². The number of carbonyl (C=O) groups excluding carboxylic acids is 1. The van der Waals surface area contributed by atoms with Crippen LogP contribution in [-0.4, -0.2) is 70.3 Å². The van der Waals surface area contributed by atoms with Crippen molar-refractivity contribution in [1.82, 2.24) is 4.90 Å². The number of methoxy groups -OCH3 is 1. The molecule has 122 valence electrons. The lowest BCUT2D eigenvalue weighted by molar-refractivity contribution is -0.139. The summed E-state index contributed by atoms with van der Waals surface area (Å²) in [6.07, 6.45) is 5.77. The Bertz CT molecular complexity index is 308. The monoisotopic (exact) mass is 301 g/mol. The lowest BCUT2D eigenvalue weighted by Crippen LogP contribution is -2.40. The van der Waals surface area contributed by atoms with Gasteiger partial charge >= 0.3 is 0 Å². The summed E-state index contributed by atoms with van der Waals surface area (Å²) in [5.74, 6) is 0.0332. The summed E-state index contributed by atoms with van der Waals surface area (Å²) in [5, 5.41) is 0. The van der Waals surface area contributed by atoms with Crippen LogP contribution in [0.3, 0.4) is 0 Å². The third kappa shape index (κ3) is 7.57. The maximum atomic E-state index is 12.1. The number of likely N-dealkylation sites (tertiary alicyclic amines) is 1. The smallest absolute Gasteiger partial charge is 0.248 e. The highest BCUT2D eigenvalue weighted by Crippen LogP contribution is 2.17. The minimum Gasteiger partial charge on any atom is -0.382 e. The Morgan fingerprint density at radius 1 is 1.29 bits per heavy atom. The van der Waals surface area contributed by atoms with E-state index >= 15 is 0 Å². The molecule has 1 aliphatic heterocycles. The number of ether oxygens (including phenoxy) is 4. The Morgan fingerprint density at radius 3 is 2.90 bits per heavy atom. The molecule has 0 radical (unpaired) electrons. The maximum Gasteiger partial charge on any atom is 0.248 e. The standard InChI is InChI=1S/C15H27NO5/c1-3-4-8-19-12-15(17)16-7-5-6-14(16)11-21-13-20-10-9-18-2/h3-4,14H,5-13H2,1-2H3/b4-3+/t14-/m0/s1. The normalized spacial score (nSPS) is 18.8. The van der Waals surface area contributed by atoms with Crippen LogP contribution >= 0.6 is 0 Å². The summed E-state index contributed by atoms with van der Waals surface area (Å²) < 4.78 is 20.9. The molecular formula is C15H27NO5. The largest absolute Gasteiger partial charge is 0.382 e. The second kappa shape index (κ2) is 11.7. The number of hydrogen-bond acceptors (Lipinski definition) is 5. The van der Waals surface area contributed by atoms with Gasteiger partial charge in [0.05, 0.1) is 32.5 Å². The number of amides is 1. The van der Waals surface area contributed by atoms with Gasteiger partial charge < -0.3 is 23.8 Å². The number of rotatable bonds is 11. The van der Waals surface area contributed by atoms with Crippen LogP contribution in [0, 0.1) is 0 Å². The first-order valence-electron chi connectivity index (χ1n) is 7.42. The molecule has 1 atom stereocenters. The van der Waals surface area contributed by atoms with E-state index < -0.39 is 0 Å². The van der Waals surface area contributed by atoms with Gasteiger partial charge in [0.2, 0.25) is 5.91 Å². The third-order valence-electron chi connectivity index (χ3n) is 3.28. The maximum absolute atomic E-state index is 12.1. The van der Waals surface area contributed by atoms with E-state index in [9.17, 15) is 4.79 Å². The molecule has 1 fully saturated rings. The van der Waals surface area contributed by atoms with Crippen LogP contribution in [0.4, 0.5) is 0 Å². The molecule has 0 saturated carbocycles. The molecule has 0 N–H and O–H groups in total. The van der Waals surface area contributed by atoms with Crippen LogP contribution in [0.5, 0.6) is 0 Å². The molecule has 0 aliphatic carbocycles. The number of hydrogen-bond donors (Lipinski definition) is 0. The van der Waals surface area contributed by atoms with Crippen LogP contribution in [-0.2, 0) is 23.7 Å². The lowest BCUT2D eigenvalue weighted by Gasteiger charge is -2.24. The fourth-order valence-electron chi connectivity index (χ4n) is 2.17. The molecule has 0 spiro atoms. The van der Waals surface area contributed by atoms with Crippen LogP contribution in [0.1, 0.15) is 19.8 Å². The van der Waals surface area contributed by atoms with E-state index in [1.165, 1.54) is 0 Å². The van der Waals surface area contributed by atoms with Gasteiger partial charge in [0, 0.05) is 13.7 Å². The molecule has 1 aliphatic rings. The highest BCUT2D eigenvalue weighted by Gasteiger charge is 2.28. The van der Waals surface area contributed by atoms with Crippen molar-refractivity contribution in [2.24, 2.45) is 0 Å². The first-order chi connectivity index (χ1) is 10.3. The molecular weight excluding hydrogens is 274 g/mol. The molecule has 0 bridgehead atoms. The average Bonchev–Trinajstić information content (AvgIpc) is 2.95. The highest BCUT2D eigenvalue weighted by molar-refractivity contribution is 5.78. The topological polar surface area (TPSA) is 57.2 Å². The van der Waals surface area contributed by atoms with Crippen molar-refractivity contribution in [2.75, 3.05) is 53.5 Å². The van der Waals surface area contributed by atoms with E-state index in [-0.39, 0.29) is 25.3 Å². The van der Waals surface area contributed by atoms with E-state index in [0.717, 1.165) is 19.4 Å². The molecule has 1 saturated heterocycles. The van der Waals surface area contributed by atoms with Gasteiger partial charge in [-0.1, -0.05) is 12.2 Å². The summed E-state index contributed by atoms with van der Waals surface area (Å²) >= 11 is 0. The van der Waals surface area contributed by atoms with Crippen LogP contribution in [0.25, 0.3) is 0 Å². The molecule has 6 heteroatoms. The zero-order valence-electron chi connectivity index (χ0n) is 13.1. The van der Waals surface area contributed by atoms with Gasteiger partial charge in [0.1, 0.15) is 13.4 Å². The Hall–Kier alpha value is -0.950. The molecule has 1 rings (SSSR count). The predicted molar refractivity (Wildman–Crippen MR) is 79.0 cm³/mol. The van der Waals surface area contributed by atoms with Crippen molar-refractivity contribution in [3.05, 3.63) is 12.2 Å². The Morgan fingerprint density at radius 2 is 2.14 bits per heavy atom. The summed E-state index contributed by atoms with van der Waals surface area (Å²) in [6, 6.07) is 0.133. The van der Waals surface area contributed by atoms with Crippen molar-refractivity contribution in [3.8, 4) is 0 Å². The predicted octanol–water partition coefficient (Wildman–Crippen LogP) is 1.21. The zero-order chi connectivity index (χ0) is 15.3. The quantitative estimate of drug-likeness (QED) is 0.326. The molecule has 6 nitrogen and oxygen atoms in total. The molecule has 0 aromatic heterocycles. The van der Waals surface area contributed by atoms with Crippen LogP contribution < -0.4 is 0 Å². The van der Waals surface area contributed by atoms with E-state index in [1.807, 2.05) is 24.0 Å². The van der Waals surface area contributed by atoms with Gasteiger partial charge in [-0.25, -0.2) is 0 Å². The number of carbonyl (C=O) groups is 1.